The smallest absolute Gasteiger partial charge is 0.325 e. The van der Waals surface area contributed by atoms with E-state index in [2.05, 4.69) is 32.7 Å². The van der Waals surface area contributed by atoms with E-state index in [0.717, 1.165) is 61.1 Å². The molecule has 3 N–H and O–H groups in total. The highest BCUT2D eigenvalue weighted by Crippen LogP contribution is 2.36. The summed E-state index contributed by atoms with van der Waals surface area (Å²) in [6.07, 6.45) is 7.96. The van der Waals surface area contributed by atoms with E-state index in [0.29, 0.717) is 35.9 Å². The van der Waals surface area contributed by atoms with Gasteiger partial charge in [-0.05, 0) is 98.6 Å². The molecule has 2 aromatic carbocycles. The van der Waals surface area contributed by atoms with E-state index in [4.69, 9.17) is 0 Å². The molecule has 3 heterocycles. The van der Waals surface area contributed by atoms with Gasteiger partial charge in [-0.25, -0.2) is 9.78 Å². The van der Waals surface area contributed by atoms with E-state index in [-0.39, 0.29) is 11.9 Å². The van der Waals surface area contributed by atoms with Gasteiger partial charge in [0.05, 0.1) is 5.52 Å². The van der Waals surface area contributed by atoms with E-state index >= 15 is 0 Å². The molecule has 1 saturated carbocycles. The lowest BCUT2D eigenvalue weighted by molar-refractivity contribution is 0.0311. The van der Waals surface area contributed by atoms with Crippen LogP contribution < -0.4 is 15.5 Å². The summed E-state index contributed by atoms with van der Waals surface area (Å²) in [5.41, 5.74) is 4.55. The number of piperidine rings is 1. The Morgan fingerprint density at radius 1 is 1.00 bits per heavy atom. The first-order valence-electron chi connectivity index (χ1n) is 14.7. The van der Waals surface area contributed by atoms with Crippen LogP contribution in [0, 0.1) is 5.92 Å². The molecule has 6 rings (SSSR count). The lowest BCUT2D eigenvalue weighted by Crippen LogP contribution is -2.48. The maximum Gasteiger partial charge on any atom is 0.325 e. The predicted octanol–water partition coefficient (Wildman–Crippen LogP) is 5.19. The van der Waals surface area contributed by atoms with Gasteiger partial charge in [-0.1, -0.05) is 12.1 Å². The van der Waals surface area contributed by atoms with Gasteiger partial charge in [0.1, 0.15) is 5.82 Å². The topological polar surface area (TPSA) is 103 Å². The molecule has 1 aliphatic carbocycles. The molecule has 42 heavy (non-hydrogen) atoms. The number of pyridine rings is 1. The van der Waals surface area contributed by atoms with Gasteiger partial charge in [0.2, 0.25) is 0 Å². The zero-order valence-electron chi connectivity index (χ0n) is 24.2. The van der Waals surface area contributed by atoms with Gasteiger partial charge < -0.3 is 25.5 Å². The van der Waals surface area contributed by atoms with Gasteiger partial charge in [0.15, 0.2) is 0 Å². The molecule has 0 unspecified atom stereocenters. The lowest BCUT2D eigenvalue weighted by atomic mass is 9.78. The molecule has 0 radical (unpaired) electrons. The number of carbonyl (C=O) groups is 2. The number of hydrogen-bond donors (Lipinski definition) is 3. The van der Waals surface area contributed by atoms with Crippen molar-refractivity contribution in [3.8, 4) is 0 Å². The SMILES string of the molecule is CNC(=O)n1ccc2cc(N(C)c3ccnc(NC(=O)c4ccc(C5CCN(C6CC(CO)C6)CC5)cc4)c3)ccc21. The molecule has 0 spiro atoms. The number of rotatable bonds is 7. The molecule has 2 aliphatic rings. The highest BCUT2D eigenvalue weighted by Gasteiger charge is 2.35. The van der Waals surface area contributed by atoms with Crippen molar-refractivity contribution in [2.24, 2.45) is 5.92 Å². The van der Waals surface area contributed by atoms with E-state index in [1.807, 2.05) is 60.5 Å². The summed E-state index contributed by atoms with van der Waals surface area (Å²) in [5, 5.41) is 15.8. The zero-order chi connectivity index (χ0) is 29.2. The second-order valence-electron chi connectivity index (χ2n) is 11.5. The van der Waals surface area contributed by atoms with Gasteiger partial charge in [-0.2, -0.15) is 0 Å². The zero-order valence-corrected chi connectivity index (χ0v) is 24.2. The Morgan fingerprint density at radius 2 is 1.74 bits per heavy atom. The molecule has 1 saturated heterocycles. The Hall–Kier alpha value is -4.21. The number of amides is 2. The van der Waals surface area contributed by atoms with E-state index < -0.39 is 0 Å². The summed E-state index contributed by atoms with van der Waals surface area (Å²) in [7, 11) is 3.57. The van der Waals surface area contributed by atoms with Gasteiger partial charge in [0, 0.05) is 67.5 Å². The van der Waals surface area contributed by atoms with Crippen LogP contribution in [-0.2, 0) is 0 Å². The summed E-state index contributed by atoms with van der Waals surface area (Å²) in [4.78, 5) is 34.1. The first-order chi connectivity index (χ1) is 20.4. The number of carbonyl (C=O) groups excluding carboxylic acids is 2. The average molecular weight is 567 g/mol. The lowest BCUT2D eigenvalue weighted by Gasteiger charge is -2.45. The maximum atomic E-state index is 13.1. The third kappa shape index (κ3) is 5.62. The molecule has 2 aromatic heterocycles. The van der Waals surface area contributed by atoms with E-state index in [9.17, 15) is 14.7 Å². The molecule has 4 aromatic rings. The third-order valence-corrected chi connectivity index (χ3v) is 9.03. The molecule has 1 aliphatic heterocycles. The van der Waals surface area contributed by atoms with Crippen molar-refractivity contribution in [2.75, 3.05) is 44.0 Å². The molecule has 9 heteroatoms. The Morgan fingerprint density at radius 3 is 2.45 bits per heavy atom. The third-order valence-electron chi connectivity index (χ3n) is 9.03. The monoisotopic (exact) mass is 566 g/mol. The van der Waals surface area contributed by atoms with E-state index in [1.165, 1.54) is 5.56 Å². The van der Waals surface area contributed by atoms with Crippen molar-refractivity contribution in [2.45, 2.75) is 37.6 Å². The number of nitrogens with one attached hydrogen (secondary N) is 2. The van der Waals surface area contributed by atoms with Crippen LogP contribution in [0.15, 0.2) is 73.1 Å². The summed E-state index contributed by atoms with van der Waals surface area (Å²) < 4.78 is 1.58. The molecule has 218 valence electrons. The number of benzene rings is 2. The minimum atomic E-state index is -0.191. The van der Waals surface area contributed by atoms with Crippen LogP contribution in [0.2, 0.25) is 0 Å². The van der Waals surface area contributed by atoms with Crippen molar-refractivity contribution in [1.29, 1.82) is 0 Å². The average Bonchev–Trinajstić information content (AvgIpc) is 3.44. The van der Waals surface area contributed by atoms with Crippen LogP contribution in [0.1, 0.15) is 47.5 Å². The number of nitrogens with zero attached hydrogens (tertiary/aromatic N) is 4. The number of anilines is 3. The molecular weight excluding hydrogens is 528 g/mol. The maximum absolute atomic E-state index is 13.1. The van der Waals surface area contributed by atoms with Crippen molar-refractivity contribution in [1.82, 2.24) is 19.8 Å². The van der Waals surface area contributed by atoms with Crippen LogP contribution >= 0.6 is 0 Å². The molecule has 0 atom stereocenters. The minimum absolute atomic E-state index is 0.182. The van der Waals surface area contributed by atoms with Gasteiger partial charge in [-0.15, -0.1) is 0 Å². The summed E-state index contributed by atoms with van der Waals surface area (Å²) in [6, 6.07) is 20.0. The molecular formula is C33H38N6O3. The number of likely N-dealkylation sites (tertiary alicyclic amines) is 1. The van der Waals surface area contributed by atoms with Gasteiger partial charge in [0.25, 0.3) is 5.91 Å². The predicted molar refractivity (Wildman–Crippen MR) is 166 cm³/mol. The van der Waals surface area contributed by atoms with Crippen molar-refractivity contribution in [3.63, 3.8) is 0 Å². The summed E-state index contributed by atoms with van der Waals surface area (Å²) in [5.74, 6) is 1.30. The number of aliphatic hydroxyl groups excluding tert-OH is 1. The molecule has 0 bridgehead atoms. The quantitative estimate of drug-likeness (QED) is 0.284. The number of hydrogen-bond acceptors (Lipinski definition) is 6. The Bertz CT molecular complexity index is 1570. The molecule has 2 amide bonds. The standard InChI is InChI=1S/C33H38N6O3/c1-34-33(42)39-16-12-26-19-27(7-8-30(26)39)37(2)28-9-13-35-31(20-28)36-32(41)25-5-3-23(4-6-25)24-10-14-38(15-11-24)29-17-22(18-29)21-40/h3-9,12-13,16,19-20,22,24,29,40H,10-11,14-15,17-18,21H2,1-2H3,(H,34,42)(H,35,36,41). The summed E-state index contributed by atoms with van der Waals surface area (Å²) >= 11 is 0. The highest BCUT2D eigenvalue weighted by atomic mass is 16.3. The first-order valence-corrected chi connectivity index (χ1v) is 14.7. The Labute approximate surface area is 246 Å². The fraction of sp³-hybridized carbons (Fsp3) is 0.364. The number of aliphatic hydroxyl groups is 1. The van der Waals surface area contributed by atoms with Gasteiger partial charge >= 0.3 is 6.03 Å². The first kappa shape index (κ1) is 27.9. The minimum Gasteiger partial charge on any atom is -0.396 e. The van der Waals surface area contributed by atoms with E-state index in [1.54, 1.807) is 24.0 Å². The van der Waals surface area contributed by atoms with Crippen molar-refractivity contribution in [3.05, 3.63) is 84.2 Å². The fourth-order valence-electron chi connectivity index (χ4n) is 6.32. The van der Waals surface area contributed by atoms with Gasteiger partial charge in [-0.3, -0.25) is 9.36 Å². The van der Waals surface area contributed by atoms with Crippen LogP contribution in [0.3, 0.4) is 0 Å². The van der Waals surface area contributed by atoms with Crippen molar-refractivity contribution < 1.29 is 14.7 Å². The Kier molecular flexibility index (Phi) is 7.95. The second-order valence-corrected chi connectivity index (χ2v) is 11.5. The van der Waals surface area contributed by atoms with Crippen molar-refractivity contribution >= 4 is 40.0 Å². The van der Waals surface area contributed by atoms with Crippen LogP contribution in [0.4, 0.5) is 22.0 Å². The largest absolute Gasteiger partial charge is 0.396 e. The number of aromatic nitrogens is 2. The van der Waals surface area contributed by atoms with Crippen LogP contribution in [0.25, 0.3) is 10.9 Å². The normalized spacial score (nSPS) is 19.3. The van der Waals surface area contributed by atoms with Crippen LogP contribution in [-0.4, -0.2) is 71.3 Å². The number of fused-ring (bicyclic) bond motifs is 1. The molecule has 2 fully saturated rings. The highest BCUT2D eigenvalue weighted by molar-refractivity contribution is 6.04. The fourth-order valence-corrected chi connectivity index (χ4v) is 6.32. The summed E-state index contributed by atoms with van der Waals surface area (Å²) in [6.45, 7) is 2.52. The van der Waals surface area contributed by atoms with Crippen LogP contribution in [0.5, 0.6) is 0 Å². The molecule has 9 nitrogen and oxygen atoms in total. The second kappa shape index (κ2) is 12.0. The Balaban J connectivity index is 1.07.